The molecule has 0 spiro atoms. The highest BCUT2D eigenvalue weighted by Crippen LogP contribution is 2.31. The molecule has 152 valence electrons. The summed E-state index contributed by atoms with van der Waals surface area (Å²) in [6.07, 6.45) is 8.27. The Morgan fingerprint density at radius 3 is 2.81 bits per heavy atom. The molecule has 1 aromatic rings. The SMILES string of the molecule is CCNC(=NCc1c(O)ccc2c1CCCC2)NCCCOCC1CC1.I. The molecule has 3 rings (SSSR count). The highest BCUT2D eigenvalue weighted by atomic mass is 127. The lowest BCUT2D eigenvalue weighted by Gasteiger charge is -2.20. The zero-order valence-electron chi connectivity index (χ0n) is 16.4. The molecular formula is C21H34IN3O2. The van der Waals surface area contributed by atoms with E-state index in [4.69, 9.17) is 9.73 Å². The van der Waals surface area contributed by atoms with Crippen molar-refractivity contribution >= 4 is 29.9 Å². The van der Waals surface area contributed by atoms with Crippen molar-refractivity contribution in [1.29, 1.82) is 0 Å². The molecular weight excluding hydrogens is 453 g/mol. The number of aryl methyl sites for hydroxylation is 1. The van der Waals surface area contributed by atoms with Gasteiger partial charge in [0.05, 0.1) is 6.54 Å². The average Bonchev–Trinajstić information content (AvgIpc) is 3.48. The summed E-state index contributed by atoms with van der Waals surface area (Å²) in [5.74, 6) is 2.01. The molecule has 2 aliphatic rings. The van der Waals surface area contributed by atoms with E-state index >= 15 is 0 Å². The normalized spacial score (nSPS) is 16.4. The third-order valence-electron chi connectivity index (χ3n) is 5.17. The second-order valence-electron chi connectivity index (χ2n) is 7.40. The first-order valence-electron chi connectivity index (χ1n) is 10.2. The van der Waals surface area contributed by atoms with Gasteiger partial charge in [-0.2, -0.15) is 0 Å². The molecule has 1 fully saturated rings. The molecule has 0 heterocycles. The van der Waals surface area contributed by atoms with Crippen LogP contribution in [-0.4, -0.2) is 37.4 Å². The van der Waals surface area contributed by atoms with E-state index in [0.717, 1.165) is 63.0 Å². The van der Waals surface area contributed by atoms with Crippen molar-refractivity contribution in [3.8, 4) is 5.75 Å². The van der Waals surface area contributed by atoms with Crippen LogP contribution in [0.5, 0.6) is 5.75 Å². The number of phenols is 1. The van der Waals surface area contributed by atoms with Gasteiger partial charge in [0.1, 0.15) is 5.75 Å². The van der Waals surface area contributed by atoms with E-state index in [1.165, 1.54) is 36.8 Å². The number of halogens is 1. The Morgan fingerprint density at radius 2 is 2.04 bits per heavy atom. The fourth-order valence-electron chi connectivity index (χ4n) is 3.48. The highest BCUT2D eigenvalue weighted by molar-refractivity contribution is 14.0. The van der Waals surface area contributed by atoms with Gasteiger partial charge in [-0.3, -0.25) is 0 Å². The Morgan fingerprint density at radius 1 is 1.22 bits per heavy atom. The van der Waals surface area contributed by atoms with Crippen molar-refractivity contribution in [3.05, 3.63) is 28.8 Å². The summed E-state index contributed by atoms with van der Waals surface area (Å²) in [4.78, 5) is 4.70. The van der Waals surface area contributed by atoms with Crippen LogP contribution in [0.1, 0.15) is 55.7 Å². The van der Waals surface area contributed by atoms with Gasteiger partial charge in [-0.15, -0.1) is 24.0 Å². The second-order valence-corrected chi connectivity index (χ2v) is 7.40. The summed E-state index contributed by atoms with van der Waals surface area (Å²) in [6, 6.07) is 3.90. The molecule has 1 saturated carbocycles. The number of fused-ring (bicyclic) bond motifs is 1. The monoisotopic (exact) mass is 487 g/mol. The molecule has 27 heavy (non-hydrogen) atoms. The number of benzene rings is 1. The Kier molecular flexibility index (Phi) is 9.68. The van der Waals surface area contributed by atoms with Crippen LogP contribution in [0.3, 0.4) is 0 Å². The van der Waals surface area contributed by atoms with Crippen molar-refractivity contribution in [2.24, 2.45) is 10.9 Å². The summed E-state index contributed by atoms with van der Waals surface area (Å²) in [5, 5.41) is 17.0. The third-order valence-corrected chi connectivity index (χ3v) is 5.17. The number of hydrogen-bond donors (Lipinski definition) is 3. The molecule has 5 nitrogen and oxygen atoms in total. The summed E-state index contributed by atoms with van der Waals surface area (Å²) in [7, 11) is 0. The van der Waals surface area contributed by atoms with Crippen LogP contribution in [0.25, 0.3) is 0 Å². The summed E-state index contributed by atoms with van der Waals surface area (Å²) in [6.45, 7) is 5.97. The molecule has 0 bridgehead atoms. The standard InChI is InChI=1S/C21H33N3O2.HI/c1-2-22-21(23-12-5-13-26-15-16-8-9-16)24-14-19-18-7-4-3-6-17(18)10-11-20(19)25;/h10-11,16,25H,2-9,12-15H2,1H3,(H2,22,23,24);1H. The van der Waals surface area contributed by atoms with Crippen LogP contribution in [0.15, 0.2) is 17.1 Å². The van der Waals surface area contributed by atoms with Crippen molar-refractivity contribution in [1.82, 2.24) is 10.6 Å². The number of phenolic OH excluding ortho intramolecular Hbond substituents is 1. The topological polar surface area (TPSA) is 65.9 Å². The van der Waals surface area contributed by atoms with Crippen LogP contribution in [0.2, 0.25) is 0 Å². The predicted octanol–water partition coefficient (Wildman–Crippen LogP) is 3.76. The van der Waals surface area contributed by atoms with Gasteiger partial charge >= 0.3 is 0 Å². The molecule has 0 amide bonds. The van der Waals surface area contributed by atoms with Crippen molar-refractivity contribution < 1.29 is 9.84 Å². The highest BCUT2D eigenvalue weighted by Gasteiger charge is 2.20. The smallest absolute Gasteiger partial charge is 0.191 e. The number of hydrogen-bond acceptors (Lipinski definition) is 3. The maximum Gasteiger partial charge on any atom is 0.191 e. The van der Waals surface area contributed by atoms with Crippen LogP contribution in [0.4, 0.5) is 0 Å². The first-order chi connectivity index (χ1) is 12.8. The van der Waals surface area contributed by atoms with Crippen LogP contribution >= 0.6 is 24.0 Å². The van der Waals surface area contributed by atoms with Gasteiger partial charge in [0, 0.05) is 31.9 Å². The molecule has 0 aliphatic heterocycles. The predicted molar refractivity (Wildman–Crippen MR) is 121 cm³/mol. The number of aliphatic imine (C=N–C) groups is 1. The van der Waals surface area contributed by atoms with Gasteiger partial charge in [-0.25, -0.2) is 4.99 Å². The molecule has 0 radical (unpaired) electrons. The first kappa shape index (κ1) is 22.3. The van der Waals surface area contributed by atoms with E-state index in [1.807, 2.05) is 6.07 Å². The first-order valence-corrected chi connectivity index (χ1v) is 10.2. The number of ether oxygens (including phenoxy) is 1. The van der Waals surface area contributed by atoms with E-state index in [2.05, 4.69) is 23.6 Å². The van der Waals surface area contributed by atoms with Gasteiger partial charge in [-0.1, -0.05) is 6.07 Å². The largest absolute Gasteiger partial charge is 0.508 e. The van der Waals surface area contributed by atoms with Gasteiger partial charge in [0.25, 0.3) is 0 Å². The number of nitrogens with one attached hydrogen (secondary N) is 2. The Bertz CT molecular complexity index is 618. The van der Waals surface area contributed by atoms with E-state index in [0.29, 0.717) is 12.3 Å². The summed E-state index contributed by atoms with van der Waals surface area (Å²) in [5.41, 5.74) is 3.68. The van der Waals surface area contributed by atoms with Gasteiger partial charge < -0.3 is 20.5 Å². The van der Waals surface area contributed by atoms with Crippen molar-refractivity contribution in [3.63, 3.8) is 0 Å². The van der Waals surface area contributed by atoms with E-state index in [-0.39, 0.29) is 24.0 Å². The lowest BCUT2D eigenvalue weighted by atomic mass is 9.88. The molecule has 0 atom stereocenters. The van der Waals surface area contributed by atoms with Crippen LogP contribution in [-0.2, 0) is 24.1 Å². The summed E-state index contributed by atoms with van der Waals surface area (Å²) < 4.78 is 5.67. The number of aromatic hydroxyl groups is 1. The zero-order chi connectivity index (χ0) is 18.2. The molecule has 0 aromatic heterocycles. The number of rotatable bonds is 9. The number of nitrogens with zero attached hydrogens (tertiary/aromatic N) is 1. The summed E-state index contributed by atoms with van der Waals surface area (Å²) >= 11 is 0. The quantitative estimate of drug-likeness (QED) is 0.215. The lowest BCUT2D eigenvalue weighted by Crippen LogP contribution is -2.38. The molecule has 6 heteroatoms. The number of guanidine groups is 1. The van der Waals surface area contributed by atoms with Gasteiger partial charge in [0.15, 0.2) is 5.96 Å². The second kappa shape index (κ2) is 11.7. The van der Waals surface area contributed by atoms with Crippen LogP contribution < -0.4 is 10.6 Å². The maximum atomic E-state index is 10.3. The van der Waals surface area contributed by atoms with Gasteiger partial charge in [-0.05, 0) is 75.0 Å². The van der Waals surface area contributed by atoms with Crippen molar-refractivity contribution in [2.45, 2.75) is 58.4 Å². The Hall–Kier alpha value is -1.02. The average molecular weight is 487 g/mol. The molecule has 3 N–H and O–H groups in total. The Balaban J connectivity index is 0.00000261. The van der Waals surface area contributed by atoms with Crippen LogP contribution in [0, 0.1) is 5.92 Å². The minimum absolute atomic E-state index is 0. The zero-order valence-corrected chi connectivity index (χ0v) is 18.8. The third kappa shape index (κ3) is 7.14. The fraction of sp³-hybridized carbons (Fsp3) is 0.667. The Labute approximate surface area is 180 Å². The minimum Gasteiger partial charge on any atom is -0.508 e. The molecule has 0 unspecified atom stereocenters. The van der Waals surface area contributed by atoms with E-state index < -0.39 is 0 Å². The molecule has 2 aliphatic carbocycles. The molecule has 1 aromatic carbocycles. The minimum atomic E-state index is 0. The maximum absolute atomic E-state index is 10.3. The van der Waals surface area contributed by atoms with E-state index in [1.54, 1.807) is 0 Å². The van der Waals surface area contributed by atoms with Gasteiger partial charge in [0.2, 0.25) is 0 Å². The molecule has 0 saturated heterocycles. The lowest BCUT2D eigenvalue weighted by molar-refractivity contribution is 0.123. The van der Waals surface area contributed by atoms with Crippen molar-refractivity contribution in [2.75, 3.05) is 26.3 Å². The van der Waals surface area contributed by atoms with E-state index in [9.17, 15) is 5.11 Å². The fourth-order valence-corrected chi connectivity index (χ4v) is 3.48.